The van der Waals surface area contributed by atoms with Gasteiger partial charge in [-0.25, -0.2) is 14.0 Å². The minimum atomic E-state index is -1.14. The van der Waals surface area contributed by atoms with Crippen LogP contribution in [0.5, 0.6) is 0 Å². The molecule has 1 atom stereocenters. The van der Waals surface area contributed by atoms with Gasteiger partial charge in [-0.1, -0.05) is 37.0 Å². The van der Waals surface area contributed by atoms with Crippen LogP contribution in [0.1, 0.15) is 20.3 Å². The first kappa shape index (κ1) is 17.5. The zero-order chi connectivity index (χ0) is 16.2. The molecule has 0 aliphatic carbocycles. The number of hydrogen-bond donors (Lipinski definition) is 3. The third kappa shape index (κ3) is 5.40. The lowest BCUT2D eigenvalue weighted by molar-refractivity contribution is -0.139. The average Bonchev–Trinajstić information content (AvgIpc) is 2.32. The molecule has 116 valence electrons. The summed E-state index contributed by atoms with van der Waals surface area (Å²) in [6.07, 6.45) is 0.271. The average molecular weight is 337 g/mol. The Balaban J connectivity index is 2.79. The topological polar surface area (TPSA) is 78.4 Å². The van der Waals surface area contributed by atoms with Gasteiger partial charge in [0, 0.05) is 0 Å². The number of carbonyl (C=O) groups is 2. The SMILES string of the molecule is CC(C)C[C@H](NC(=O)Nc1c(Cl)cc(F)cc1Cl)C(=O)O. The Hall–Kier alpha value is -1.53. The maximum atomic E-state index is 13.0. The van der Waals surface area contributed by atoms with Crippen molar-refractivity contribution in [3.05, 3.63) is 28.0 Å². The summed E-state index contributed by atoms with van der Waals surface area (Å²) in [7, 11) is 0. The Bertz CT molecular complexity index is 529. The highest BCUT2D eigenvalue weighted by Gasteiger charge is 2.22. The number of amides is 2. The smallest absolute Gasteiger partial charge is 0.326 e. The first-order valence-electron chi connectivity index (χ1n) is 6.15. The lowest BCUT2D eigenvalue weighted by Crippen LogP contribution is -2.43. The third-order valence-electron chi connectivity index (χ3n) is 2.56. The first-order valence-corrected chi connectivity index (χ1v) is 6.91. The second-order valence-electron chi connectivity index (χ2n) is 4.86. The molecule has 0 bridgehead atoms. The summed E-state index contributed by atoms with van der Waals surface area (Å²) < 4.78 is 13.0. The Morgan fingerprint density at radius 2 is 1.81 bits per heavy atom. The standard InChI is InChI=1S/C13H15Cl2FN2O3/c1-6(2)3-10(12(19)20)17-13(21)18-11-8(14)4-7(16)5-9(11)15/h4-6,10H,3H2,1-2H3,(H,19,20)(H2,17,18,21)/t10-/m0/s1. The van der Waals surface area contributed by atoms with E-state index in [4.69, 9.17) is 28.3 Å². The van der Waals surface area contributed by atoms with Crippen molar-refractivity contribution in [1.82, 2.24) is 5.32 Å². The molecule has 8 heteroatoms. The van der Waals surface area contributed by atoms with Crippen LogP contribution >= 0.6 is 23.2 Å². The first-order chi connectivity index (χ1) is 9.70. The Morgan fingerprint density at radius 1 is 1.29 bits per heavy atom. The molecule has 0 unspecified atom stereocenters. The normalized spacial score (nSPS) is 12.1. The molecule has 0 saturated carbocycles. The number of hydrogen-bond acceptors (Lipinski definition) is 2. The van der Waals surface area contributed by atoms with Crippen LogP contribution in [-0.2, 0) is 4.79 Å². The second-order valence-corrected chi connectivity index (χ2v) is 5.68. The van der Waals surface area contributed by atoms with Crippen LogP contribution in [0.4, 0.5) is 14.9 Å². The number of carboxylic acid groups (broad SMARTS) is 1. The molecule has 0 radical (unpaired) electrons. The van der Waals surface area contributed by atoms with Crippen molar-refractivity contribution in [3.8, 4) is 0 Å². The van der Waals surface area contributed by atoms with Crippen LogP contribution in [0.3, 0.4) is 0 Å². The number of benzene rings is 1. The number of urea groups is 1. The van der Waals surface area contributed by atoms with Crippen LogP contribution in [0, 0.1) is 11.7 Å². The number of nitrogens with one attached hydrogen (secondary N) is 2. The van der Waals surface area contributed by atoms with Crippen molar-refractivity contribution in [2.75, 3.05) is 5.32 Å². The number of aliphatic carboxylic acids is 1. The van der Waals surface area contributed by atoms with Gasteiger partial charge in [0.25, 0.3) is 0 Å². The fourth-order valence-corrected chi connectivity index (χ4v) is 2.22. The van der Waals surface area contributed by atoms with Crippen LogP contribution in [0.25, 0.3) is 0 Å². The largest absolute Gasteiger partial charge is 0.480 e. The summed E-state index contributed by atoms with van der Waals surface area (Å²) in [5, 5.41) is 13.5. The number of halogens is 3. The zero-order valence-electron chi connectivity index (χ0n) is 11.4. The van der Waals surface area contributed by atoms with Crippen molar-refractivity contribution in [2.24, 2.45) is 5.92 Å². The van der Waals surface area contributed by atoms with Gasteiger partial charge in [-0.15, -0.1) is 0 Å². The lowest BCUT2D eigenvalue weighted by Gasteiger charge is -2.17. The molecule has 3 N–H and O–H groups in total. The molecule has 0 saturated heterocycles. The van der Waals surface area contributed by atoms with E-state index >= 15 is 0 Å². The summed E-state index contributed by atoms with van der Waals surface area (Å²) in [6.45, 7) is 3.67. The van der Waals surface area contributed by atoms with E-state index in [1.807, 2.05) is 13.8 Å². The van der Waals surface area contributed by atoms with E-state index in [0.29, 0.717) is 0 Å². The maximum Gasteiger partial charge on any atom is 0.326 e. The van der Waals surface area contributed by atoms with E-state index in [0.717, 1.165) is 12.1 Å². The Kier molecular flexibility index (Phi) is 6.23. The molecule has 0 aliphatic heterocycles. The molecule has 0 heterocycles. The number of carboxylic acids is 1. The molecule has 2 amide bonds. The molecular weight excluding hydrogens is 322 g/mol. The van der Waals surface area contributed by atoms with E-state index in [-0.39, 0.29) is 28.1 Å². The van der Waals surface area contributed by atoms with Gasteiger partial charge in [-0.2, -0.15) is 0 Å². The van der Waals surface area contributed by atoms with Crippen LogP contribution in [-0.4, -0.2) is 23.1 Å². The van der Waals surface area contributed by atoms with Crippen molar-refractivity contribution in [1.29, 1.82) is 0 Å². The van der Waals surface area contributed by atoms with Gasteiger partial charge in [0.05, 0.1) is 15.7 Å². The molecule has 21 heavy (non-hydrogen) atoms. The van der Waals surface area contributed by atoms with Crippen molar-refractivity contribution < 1.29 is 19.1 Å². The summed E-state index contributed by atoms with van der Waals surface area (Å²) in [4.78, 5) is 22.9. The third-order valence-corrected chi connectivity index (χ3v) is 3.15. The zero-order valence-corrected chi connectivity index (χ0v) is 12.9. The monoisotopic (exact) mass is 336 g/mol. The maximum absolute atomic E-state index is 13.0. The van der Waals surface area contributed by atoms with Gasteiger partial charge in [0.15, 0.2) is 0 Å². The highest BCUT2D eigenvalue weighted by molar-refractivity contribution is 6.39. The minimum absolute atomic E-state index is 0.0194. The molecule has 5 nitrogen and oxygen atoms in total. The Labute approximate surface area is 131 Å². The minimum Gasteiger partial charge on any atom is -0.480 e. The van der Waals surface area contributed by atoms with Gasteiger partial charge in [-0.3, -0.25) is 0 Å². The summed E-state index contributed by atoms with van der Waals surface area (Å²) in [5.41, 5.74) is 0.0194. The van der Waals surface area contributed by atoms with E-state index in [9.17, 15) is 14.0 Å². The Morgan fingerprint density at radius 3 is 2.24 bits per heavy atom. The summed E-state index contributed by atoms with van der Waals surface area (Å²) >= 11 is 11.6. The van der Waals surface area contributed by atoms with Crippen LogP contribution in [0.15, 0.2) is 12.1 Å². The molecule has 0 spiro atoms. The van der Waals surface area contributed by atoms with Crippen LogP contribution < -0.4 is 10.6 Å². The molecule has 0 aliphatic rings. The summed E-state index contributed by atoms with van der Waals surface area (Å²) in [6, 6.07) is 0.166. The fourth-order valence-electron chi connectivity index (χ4n) is 1.66. The van der Waals surface area contributed by atoms with Gasteiger partial charge in [0.1, 0.15) is 11.9 Å². The predicted octanol–water partition coefficient (Wildman–Crippen LogP) is 3.75. The molecule has 0 aromatic heterocycles. The molecular formula is C13H15Cl2FN2O3. The second kappa shape index (κ2) is 7.47. The van der Waals surface area contributed by atoms with E-state index in [1.165, 1.54) is 0 Å². The lowest BCUT2D eigenvalue weighted by atomic mass is 10.0. The fraction of sp³-hybridized carbons (Fsp3) is 0.385. The van der Waals surface area contributed by atoms with E-state index in [1.54, 1.807) is 0 Å². The molecule has 0 fully saturated rings. The summed E-state index contributed by atoms with van der Waals surface area (Å²) in [5.74, 6) is -1.70. The highest BCUT2D eigenvalue weighted by atomic mass is 35.5. The molecule has 1 aromatic carbocycles. The van der Waals surface area contributed by atoms with E-state index in [2.05, 4.69) is 10.6 Å². The number of rotatable bonds is 5. The van der Waals surface area contributed by atoms with Crippen LogP contribution in [0.2, 0.25) is 10.0 Å². The van der Waals surface area contributed by atoms with Gasteiger partial charge in [0.2, 0.25) is 0 Å². The van der Waals surface area contributed by atoms with Crippen molar-refractivity contribution in [3.63, 3.8) is 0 Å². The van der Waals surface area contributed by atoms with Gasteiger partial charge < -0.3 is 15.7 Å². The number of carbonyl (C=O) groups excluding carboxylic acids is 1. The molecule has 1 rings (SSSR count). The van der Waals surface area contributed by atoms with Gasteiger partial charge >= 0.3 is 12.0 Å². The van der Waals surface area contributed by atoms with Crippen molar-refractivity contribution in [2.45, 2.75) is 26.3 Å². The van der Waals surface area contributed by atoms with Gasteiger partial charge in [-0.05, 0) is 24.5 Å². The predicted molar refractivity (Wildman–Crippen MR) is 79.5 cm³/mol. The molecule has 1 aromatic rings. The quantitative estimate of drug-likeness (QED) is 0.766. The highest BCUT2D eigenvalue weighted by Crippen LogP contribution is 2.31. The van der Waals surface area contributed by atoms with Crippen molar-refractivity contribution >= 4 is 40.9 Å². The number of anilines is 1. The van der Waals surface area contributed by atoms with E-state index < -0.39 is 23.9 Å².